The topological polar surface area (TPSA) is 107 Å². The van der Waals surface area contributed by atoms with Gasteiger partial charge >= 0.3 is 16.2 Å². The van der Waals surface area contributed by atoms with Crippen molar-refractivity contribution in [2.24, 2.45) is 5.41 Å². The zero-order valence-electron chi connectivity index (χ0n) is 29.1. The Kier molecular flexibility index (Phi) is 8.38. The van der Waals surface area contributed by atoms with E-state index in [2.05, 4.69) is 35.3 Å². The summed E-state index contributed by atoms with van der Waals surface area (Å²) in [4.78, 5) is 28.0. The molecular formula is C39H45N3O6S. The number of esters is 1. The molecule has 258 valence electrons. The lowest BCUT2D eigenvalue weighted by Crippen LogP contribution is -2.39. The number of nitrogens with one attached hydrogen (secondary N) is 1. The van der Waals surface area contributed by atoms with E-state index in [1.807, 2.05) is 37.3 Å². The highest BCUT2D eigenvalue weighted by Crippen LogP contribution is 2.66. The minimum atomic E-state index is -3.99. The lowest BCUT2D eigenvalue weighted by atomic mass is 9.81. The molecule has 7 rings (SSSR count). The Hall–Kier alpha value is -4.15. The lowest BCUT2D eigenvalue weighted by molar-refractivity contribution is -0.141. The molecule has 1 amide bonds. The predicted octanol–water partition coefficient (Wildman–Crippen LogP) is 7.43. The highest BCUT2D eigenvalue weighted by Gasteiger charge is 2.64. The Bertz CT molecular complexity index is 2090. The first kappa shape index (κ1) is 33.4. The summed E-state index contributed by atoms with van der Waals surface area (Å²) in [6, 6.07) is 17.6. The van der Waals surface area contributed by atoms with Gasteiger partial charge in [0.05, 0.1) is 18.2 Å². The van der Waals surface area contributed by atoms with Crippen LogP contribution in [0, 0.1) is 12.3 Å². The standard InChI is InChI=1S/C39H45N3O6S/c1-23(2)28-15-12-24(3)18-34(28)48-38(44)39-21-32(39)31-20-27(47-6)14-17-29(31)36-35(25-10-8-7-9-11-25)30-16-13-26(19-33(30)42(36)22-39)37(43)40-49(45,46)41(4)5/h12-20,23,25,32H,7-11,21-22H2,1-6H3,(H,40,43). The molecule has 9 nitrogen and oxygen atoms in total. The molecule has 0 saturated heterocycles. The van der Waals surface area contributed by atoms with Gasteiger partial charge in [-0.15, -0.1) is 0 Å². The third-order valence-corrected chi connectivity index (χ3v) is 12.3. The van der Waals surface area contributed by atoms with E-state index in [-0.39, 0.29) is 23.4 Å². The van der Waals surface area contributed by atoms with Crippen LogP contribution < -0.4 is 14.2 Å². The van der Waals surface area contributed by atoms with Crippen LogP contribution in [0.4, 0.5) is 0 Å². The second kappa shape index (κ2) is 12.3. The van der Waals surface area contributed by atoms with Crippen LogP contribution in [0.2, 0.25) is 0 Å². The van der Waals surface area contributed by atoms with Crippen LogP contribution >= 0.6 is 0 Å². The third-order valence-electron chi connectivity index (χ3n) is 10.9. The van der Waals surface area contributed by atoms with Gasteiger partial charge in [-0.25, -0.2) is 4.72 Å². The summed E-state index contributed by atoms with van der Waals surface area (Å²) in [5.41, 5.74) is 6.64. The van der Waals surface area contributed by atoms with Crippen LogP contribution in [0.1, 0.15) is 103 Å². The monoisotopic (exact) mass is 683 g/mol. The molecule has 1 N–H and O–H groups in total. The Morgan fingerprint density at radius 3 is 2.45 bits per heavy atom. The summed E-state index contributed by atoms with van der Waals surface area (Å²) in [6.45, 7) is 6.56. The average molecular weight is 684 g/mol. The van der Waals surface area contributed by atoms with Crippen molar-refractivity contribution in [3.8, 4) is 22.8 Å². The summed E-state index contributed by atoms with van der Waals surface area (Å²) in [5.74, 6) is 0.767. The highest BCUT2D eigenvalue weighted by molar-refractivity contribution is 7.87. The third kappa shape index (κ3) is 5.72. The quantitative estimate of drug-likeness (QED) is 0.153. The second-order valence-electron chi connectivity index (χ2n) is 14.6. The Labute approximate surface area is 288 Å². The number of rotatable bonds is 8. The van der Waals surface area contributed by atoms with Crippen molar-refractivity contribution in [2.45, 2.75) is 83.6 Å². The van der Waals surface area contributed by atoms with E-state index in [4.69, 9.17) is 9.47 Å². The molecule has 0 spiro atoms. The molecule has 2 fully saturated rings. The van der Waals surface area contributed by atoms with Gasteiger partial charge in [0.15, 0.2) is 0 Å². The number of aryl methyl sites for hydroxylation is 1. The molecule has 2 unspecified atom stereocenters. The van der Waals surface area contributed by atoms with Crippen molar-refractivity contribution in [3.05, 3.63) is 82.4 Å². The highest BCUT2D eigenvalue weighted by atomic mass is 32.2. The number of nitrogens with zero attached hydrogens (tertiary/aromatic N) is 2. The maximum absolute atomic E-state index is 14.6. The number of hydrogen-bond donors (Lipinski definition) is 1. The molecule has 2 saturated carbocycles. The largest absolute Gasteiger partial charge is 0.497 e. The van der Waals surface area contributed by atoms with Gasteiger partial charge in [-0.3, -0.25) is 9.59 Å². The van der Waals surface area contributed by atoms with E-state index in [0.717, 1.165) is 74.6 Å². The Morgan fingerprint density at radius 1 is 1.00 bits per heavy atom. The van der Waals surface area contributed by atoms with Crippen molar-refractivity contribution >= 4 is 33.0 Å². The average Bonchev–Trinajstić information content (AvgIpc) is 3.74. The summed E-state index contributed by atoms with van der Waals surface area (Å²) in [7, 11) is 0.416. The molecule has 1 aliphatic heterocycles. The lowest BCUT2D eigenvalue weighted by Gasteiger charge is -2.24. The van der Waals surface area contributed by atoms with Gasteiger partial charge in [0, 0.05) is 48.6 Å². The second-order valence-corrected chi connectivity index (χ2v) is 16.5. The number of carbonyl (C=O) groups excluding carboxylic acids is 2. The molecule has 0 radical (unpaired) electrons. The zero-order chi connectivity index (χ0) is 34.8. The van der Waals surface area contributed by atoms with Crippen LogP contribution in [0.25, 0.3) is 22.2 Å². The van der Waals surface area contributed by atoms with Gasteiger partial charge in [0.2, 0.25) is 0 Å². The predicted molar refractivity (Wildman–Crippen MR) is 191 cm³/mol. The smallest absolute Gasteiger partial charge is 0.319 e. The number of hydrogen-bond acceptors (Lipinski definition) is 6. The van der Waals surface area contributed by atoms with Gasteiger partial charge in [-0.05, 0) is 96.7 Å². The number of aromatic nitrogens is 1. The van der Waals surface area contributed by atoms with Crippen LogP contribution in [-0.4, -0.2) is 50.4 Å². The first-order valence-electron chi connectivity index (χ1n) is 17.3. The Balaban J connectivity index is 1.42. The molecule has 3 aromatic carbocycles. The van der Waals surface area contributed by atoms with Crippen molar-refractivity contribution in [1.29, 1.82) is 0 Å². The zero-order valence-corrected chi connectivity index (χ0v) is 29.9. The fourth-order valence-electron chi connectivity index (χ4n) is 8.08. The van der Waals surface area contributed by atoms with E-state index in [9.17, 15) is 18.0 Å². The van der Waals surface area contributed by atoms with Gasteiger partial charge in [-0.2, -0.15) is 12.7 Å². The fraction of sp³-hybridized carbons (Fsp3) is 0.436. The maximum atomic E-state index is 14.6. The minimum Gasteiger partial charge on any atom is -0.497 e. The fourth-order valence-corrected chi connectivity index (χ4v) is 8.62. The molecule has 10 heteroatoms. The van der Waals surface area contributed by atoms with Crippen molar-refractivity contribution in [3.63, 3.8) is 0 Å². The maximum Gasteiger partial charge on any atom is 0.319 e. The van der Waals surface area contributed by atoms with Crippen molar-refractivity contribution in [1.82, 2.24) is 13.6 Å². The summed E-state index contributed by atoms with van der Waals surface area (Å²) >= 11 is 0. The molecule has 1 aromatic heterocycles. The van der Waals surface area contributed by atoms with E-state index >= 15 is 0 Å². The molecule has 2 heterocycles. The molecule has 49 heavy (non-hydrogen) atoms. The number of carbonyl (C=O) groups is 2. The van der Waals surface area contributed by atoms with Crippen molar-refractivity contribution in [2.75, 3.05) is 21.2 Å². The molecule has 2 atom stereocenters. The van der Waals surface area contributed by atoms with Crippen molar-refractivity contribution < 1.29 is 27.5 Å². The molecular weight excluding hydrogens is 639 g/mol. The van der Waals surface area contributed by atoms with E-state index < -0.39 is 21.5 Å². The van der Waals surface area contributed by atoms with Gasteiger partial charge in [0.1, 0.15) is 11.5 Å². The molecule has 3 aliphatic rings. The summed E-state index contributed by atoms with van der Waals surface area (Å²) in [5, 5.41) is 1.03. The number of methoxy groups -OCH3 is 1. The molecule has 4 aromatic rings. The Morgan fingerprint density at radius 2 is 1.76 bits per heavy atom. The first-order chi connectivity index (χ1) is 23.3. The number of benzene rings is 3. The minimum absolute atomic E-state index is 0.0803. The van der Waals surface area contributed by atoms with Gasteiger partial charge in [0.25, 0.3) is 5.91 Å². The van der Waals surface area contributed by atoms with Gasteiger partial charge < -0.3 is 14.0 Å². The summed E-state index contributed by atoms with van der Waals surface area (Å²) in [6.07, 6.45) is 6.22. The van der Waals surface area contributed by atoms with Gasteiger partial charge in [-0.1, -0.05) is 51.3 Å². The SMILES string of the molecule is COc1ccc2c(c1)C1CC1(C(=O)Oc1cc(C)ccc1C(C)C)Cn1c-2c(C2CCCCC2)c2ccc(C(=O)NS(=O)(=O)N(C)C)cc21. The van der Waals surface area contributed by atoms with Crippen LogP contribution in [0.5, 0.6) is 11.5 Å². The first-order valence-corrected chi connectivity index (χ1v) is 18.7. The number of ether oxygens (including phenoxy) is 2. The number of amides is 1. The van der Waals surface area contributed by atoms with E-state index in [0.29, 0.717) is 24.6 Å². The van der Waals surface area contributed by atoms with Crippen LogP contribution in [0.3, 0.4) is 0 Å². The van der Waals surface area contributed by atoms with Crippen LogP contribution in [0.15, 0.2) is 54.6 Å². The van der Waals surface area contributed by atoms with Crippen LogP contribution in [-0.2, 0) is 21.5 Å². The van der Waals surface area contributed by atoms with E-state index in [1.165, 1.54) is 26.1 Å². The molecule has 2 aliphatic carbocycles. The van der Waals surface area contributed by atoms with E-state index in [1.54, 1.807) is 19.2 Å². The number of fused-ring (bicyclic) bond motifs is 7. The normalized spacial score (nSPS) is 20.4. The summed E-state index contributed by atoms with van der Waals surface area (Å²) < 4.78 is 42.6. The molecule has 0 bridgehead atoms.